The fourth-order valence-corrected chi connectivity index (χ4v) is 11.1. The number of thioether (sulfide) groups is 1. The van der Waals surface area contributed by atoms with Crippen molar-refractivity contribution in [3.05, 3.63) is 24.8 Å². The summed E-state index contributed by atoms with van der Waals surface area (Å²) in [5, 5.41) is 26.2. The van der Waals surface area contributed by atoms with Crippen LogP contribution in [0.25, 0.3) is 11.2 Å². The molecule has 9 atom stereocenters. The molecular weight excluding hydrogens is 995 g/mol. The molecule has 2 aliphatic rings. The van der Waals surface area contributed by atoms with Crippen LogP contribution in [0.4, 0.5) is 5.82 Å². The number of nitrogens with one attached hydrogen (secondary N) is 2. The van der Waals surface area contributed by atoms with E-state index in [1.165, 1.54) is 13.8 Å². The van der Waals surface area contributed by atoms with Crippen LogP contribution in [0.1, 0.15) is 97.6 Å². The molecule has 0 radical (unpaired) electrons. The molecule has 9 unspecified atom stereocenters. The predicted molar refractivity (Wildman–Crippen MR) is 245 cm³/mol. The number of nitrogens with zero attached hydrogens (tertiary/aromatic N) is 4. The van der Waals surface area contributed by atoms with Crippen molar-refractivity contribution in [1.82, 2.24) is 30.2 Å². The molecule has 1 saturated carbocycles. The number of phosphoric ester groups is 3. The second-order valence-electron chi connectivity index (χ2n) is 17.1. The molecule has 1 aliphatic heterocycles. The van der Waals surface area contributed by atoms with Crippen molar-refractivity contribution in [3.8, 4) is 0 Å². The Hall–Kier alpha value is -3.36. The Kier molecular flexibility index (Phi) is 22.2. The number of hydrogen-bond acceptors (Lipinski definition) is 20. The number of amides is 2. The van der Waals surface area contributed by atoms with E-state index < -0.39 is 84.6 Å². The maximum Gasteiger partial charge on any atom is 0.481 e. The van der Waals surface area contributed by atoms with Crippen LogP contribution in [0.5, 0.6) is 0 Å². The molecule has 30 heteroatoms. The van der Waals surface area contributed by atoms with E-state index in [4.69, 9.17) is 19.5 Å². The Morgan fingerprint density at radius 3 is 2.45 bits per heavy atom. The van der Waals surface area contributed by atoms with Gasteiger partial charge in [0.05, 0.1) is 26.0 Å². The minimum Gasteiger partial charge on any atom is -0.386 e. The first-order chi connectivity index (χ1) is 32.3. The lowest BCUT2D eigenvalue weighted by atomic mass is 9.87. The third-order valence-electron chi connectivity index (χ3n) is 11.2. The largest absolute Gasteiger partial charge is 0.481 e. The van der Waals surface area contributed by atoms with Gasteiger partial charge in [0, 0.05) is 49.4 Å². The van der Waals surface area contributed by atoms with Crippen molar-refractivity contribution in [2.75, 3.05) is 37.8 Å². The van der Waals surface area contributed by atoms with Crippen LogP contribution in [-0.4, -0.2) is 134 Å². The van der Waals surface area contributed by atoms with Gasteiger partial charge >= 0.3 is 23.5 Å². The monoisotopic (exact) mass is 1060 g/mol. The van der Waals surface area contributed by atoms with Gasteiger partial charge in [-0.15, -0.1) is 0 Å². The molecule has 10 N–H and O–H groups in total. The predicted octanol–water partition coefficient (Wildman–Crippen LogP) is 2.53. The van der Waals surface area contributed by atoms with Crippen LogP contribution in [-0.2, 0) is 60.3 Å². The van der Waals surface area contributed by atoms with Gasteiger partial charge in [0.15, 0.2) is 22.8 Å². The van der Waals surface area contributed by atoms with Crippen LogP contribution < -0.4 is 16.4 Å². The number of phosphoric acid groups is 3. The second kappa shape index (κ2) is 26.4. The number of imidazole rings is 1. The van der Waals surface area contributed by atoms with Crippen LogP contribution in [0.15, 0.2) is 24.8 Å². The van der Waals surface area contributed by atoms with Crippen molar-refractivity contribution in [1.29, 1.82) is 0 Å². The highest BCUT2D eigenvalue weighted by atomic mass is 32.2. The average Bonchev–Trinajstić information content (AvgIpc) is 3.94. The fourth-order valence-electron chi connectivity index (χ4n) is 7.56. The van der Waals surface area contributed by atoms with E-state index in [0.29, 0.717) is 31.0 Å². The first-order valence-corrected chi connectivity index (χ1v) is 27.6. The molecule has 69 heavy (non-hydrogen) atoms. The summed E-state index contributed by atoms with van der Waals surface area (Å²) in [6.45, 7) is 2.32. The Balaban J connectivity index is 1.10. The molecule has 1 saturated heterocycles. The number of rotatable bonds is 30. The number of allylic oxidation sites excluding steroid dienone is 2. The number of unbranched alkanes of at least 4 members (excludes halogenated alkanes) is 2. The molecule has 2 aromatic rings. The third kappa shape index (κ3) is 18.6. The molecule has 388 valence electrons. The van der Waals surface area contributed by atoms with Gasteiger partial charge in [0.2, 0.25) is 11.8 Å². The standard InChI is InChI=1S/C39H62N7O19P3S/c1-4-5-7-12-26-24(13-14-27(26)48)10-8-6-9-11-25(47)19-30(50)69-18-17-41-29(49)15-16-42-37(53)34(52)39(2,3)21-62-68(59,60)65-67(57,58)61-20-28-33(64-66(54,55)56)32(51)38(63-28)46-23-45-31-35(40)43-22-44-36(31)46/h5,7,22-24,26,28,32-34,38,51-52H,4,6,8-21H2,1-3H3,(H,41,49)(H,42,53)(H,57,58)(H,59,60)(H2,40,43,44)(H2,54,55,56). The number of Topliss-reactive ketones (excluding diaryl/α,β-unsaturated/α-hetero) is 2. The van der Waals surface area contributed by atoms with Gasteiger partial charge < -0.3 is 50.9 Å². The zero-order chi connectivity index (χ0) is 51.2. The summed E-state index contributed by atoms with van der Waals surface area (Å²) in [6, 6.07) is 0. The molecule has 2 aromatic heterocycles. The smallest absolute Gasteiger partial charge is 0.386 e. The molecule has 2 fully saturated rings. The maximum absolute atomic E-state index is 12.7. The third-order valence-corrected chi connectivity index (χ3v) is 15.1. The Morgan fingerprint density at radius 2 is 1.74 bits per heavy atom. The molecule has 1 aliphatic carbocycles. The van der Waals surface area contributed by atoms with Crippen molar-refractivity contribution in [2.45, 2.75) is 122 Å². The molecular formula is C39H62N7O19P3S. The minimum absolute atomic E-state index is 0.0215. The number of ether oxygens (including phenoxy) is 1. The summed E-state index contributed by atoms with van der Waals surface area (Å²) < 4.78 is 62.4. The molecule has 0 aromatic carbocycles. The molecule has 0 spiro atoms. The van der Waals surface area contributed by atoms with Crippen molar-refractivity contribution in [3.63, 3.8) is 0 Å². The van der Waals surface area contributed by atoms with Crippen molar-refractivity contribution in [2.24, 2.45) is 17.3 Å². The van der Waals surface area contributed by atoms with E-state index in [2.05, 4.69) is 53.5 Å². The van der Waals surface area contributed by atoms with E-state index in [0.717, 1.165) is 67.5 Å². The number of aliphatic hydroxyl groups is 2. The number of carbonyl (C=O) groups excluding carboxylic acids is 5. The molecule has 26 nitrogen and oxygen atoms in total. The number of nitrogen functional groups attached to an aromatic ring is 1. The first-order valence-electron chi connectivity index (χ1n) is 22.1. The van der Waals surface area contributed by atoms with Gasteiger partial charge in [0.25, 0.3) is 0 Å². The minimum atomic E-state index is -5.60. The average molecular weight is 1060 g/mol. The number of nitrogens with two attached hydrogens (primary N) is 1. The number of anilines is 1. The van der Waals surface area contributed by atoms with E-state index in [-0.39, 0.29) is 65.5 Å². The number of ketones is 2. The number of carbonyl (C=O) groups is 5. The lowest BCUT2D eigenvalue weighted by Gasteiger charge is -2.30. The van der Waals surface area contributed by atoms with Crippen LogP contribution >= 0.6 is 35.2 Å². The van der Waals surface area contributed by atoms with Gasteiger partial charge in [-0.05, 0) is 38.0 Å². The van der Waals surface area contributed by atoms with Gasteiger partial charge in [-0.1, -0.05) is 57.5 Å². The SMILES string of the molecule is CCC=CCC1C(=O)CCC1CCCCCC(=O)CC(=O)SCCNC(=O)CCNC(=O)C(O)C(C)(C)COP(=O)(O)OP(=O)(O)OCC1OC(n2cnc3c(N)ncnc32)C(O)C1OP(=O)(O)O. The maximum atomic E-state index is 12.7. The normalized spacial score (nSPS) is 23.2. The summed E-state index contributed by atoms with van der Waals surface area (Å²) in [5.74, 6) is -0.706. The summed E-state index contributed by atoms with van der Waals surface area (Å²) in [4.78, 5) is 113. The Morgan fingerprint density at radius 1 is 1.01 bits per heavy atom. The van der Waals surface area contributed by atoms with E-state index in [1.807, 2.05) is 0 Å². The number of fused-ring (bicyclic) bond motifs is 1. The Bertz CT molecular complexity index is 2280. The molecule has 0 bridgehead atoms. The number of hydrogen-bond donors (Lipinski definition) is 9. The van der Waals surface area contributed by atoms with Crippen molar-refractivity contribution >= 4 is 80.7 Å². The molecule has 4 rings (SSSR count). The Labute approximate surface area is 401 Å². The van der Waals surface area contributed by atoms with Gasteiger partial charge in [-0.3, -0.25) is 42.1 Å². The van der Waals surface area contributed by atoms with Gasteiger partial charge in [-0.2, -0.15) is 4.31 Å². The fraction of sp³-hybridized carbons (Fsp3) is 0.692. The quantitative estimate of drug-likeness (QED) is 0.0235. The van der Waals surface area contributed by atoms with E-state index in [1.54, 1.807) is 0 Å². The van der Waals surface area contributed by atoms with E-state index in [9.17, 15) is 67.5 Å². The van der Waals surface area contributed by atoms with Crippen LogP contribution in [0.3, 0.4) is 0 Å². The highest BCUT2D eigenvalue weighted by molar-refractivity contribution is 8.13. The zero-order valence-electron chi connectivity index (χ0n) is 38.3. The van der Waals surface area contributed by atoms with Gasteiger partial charge in [0.1, 0.15) is 47.8 Å². The summed E-state index contributed by atoms with van der Waals surface area (Å²) in [6.07, 6.45) is 3.82. The lowest BCUT2D eigenvalue weighted by molar-refractivity contribution is -0.137. The van der Waals surface area contributed by atoms with Gasteiger partial charge in [-0.25, -0.2) is 28.6 Å². The topological polar surface area (TPSA) is 398 Å². The van der Waals surface area contributed by atoms with Crippen LogP contribution in [0, 0.1) is 17.3 Å². The molecule has 3 heterocycles. The van der Waals surface area contributed by atoms with Crippen LogP contribution in [0.2, 0.25) is 0 Å². The lowest BCUT2D eigenvalue weighted by Crippen LogP contribution is -2.46. The second-order valence-corrected chi connectivity index (χ2v) is 22.5. The number of aromatic nitrogens is 4. The highest BCUT2D eigenvalue weighted by Crippen LogP contribution is 2.61. The summed E-state index contributed by atoms with van der Waals surface area (Å²) in [7, 11) is -16.5. The first kappa shape index (κ1) is 58.2. The molecule has 2 amide bonds. The summed E-state index contributed by atoms with van der Waals surface area (Å²) >= 11 is 0.909. The number of aliphatic hydroxyl groups excluding tert-OH is 2. The zero-order valence-corrected chi connectivity index (χ0v) is 41.8. The van der Waals surface area contributed by atoms with E-state index >= 15 is 0 Å². The van der Waals surface area contributed by atoms with Crippen molar-refractivity contribution < 1.29 is 90.1 Å². The summed E-state index contributed by atoms with van der Waals surface area (Å²) in [5.41, 5.74) is 4.22. The highest BCUT2D eigenvalue weighted by Gasteiger charge is 2.50.